The Kier molecular flexibility index (Phi) is 4.24. The first-order valence-electron chi connectivity index (χ1n) is 7.86. The van der Waals surface area contributed by atoms with Crippen LogP contribution in [0, 0.1) is 5.41 Å². The first kappa shape index (κ1) is 14.8. The van der Waals surface area contributed by atoms with Gasteiger partial charge in [-0.15, -0.1) is 0 Å². The van der Waals surface area contributed by atoms with E-state index in [-0.39, 0.29) is 16.9 Å². The molecule has 3 heteroatoms. The molecule has 2 saturated heterocycles. The van der Waals surface area contributed by atoms with Gasteiger partial charge in [-0.05, 0) is 58.0 Å². The Morgan fingerprint density at radius 1 is 1.16 bits per heavy atom. The minimum absolute atomic E-state index is 0.174. The van der Waals surface area contributed by atoms with Gasteiger partial charge in [-0.2, -0.15) is 0 Å². The standard InChI is InChI=1S/C16H30N2O/c1-15(2,13-8-9-14(19)17-13)12-16(3,4)18-10-6-5-7-11-18/h13H,5-12H2,1-4H3,(H,17,19). The second kappa shape index (κ2) is 5.43. The van der Waals surface area contributed by atoms with Crippen LogP contribution in [0.15, 0.2) is 0 Å². The Morgan fingerprint density at radius 2 is 1.79 bits per heavy atom. The molecule has 0 spiro atoms. The fraction of sp³-hybridized carbons (Fsp3) is 0.938. The van der Waals surface area contributed by atoms with Crippen molar-refractivity contribution >= 4 is 5.91 Å². The summed E-state index contributed by atoms with van der Waals surface area (Å²) in [6.45, 7) is 11.8. The third-order valence-electron chi connectivity index (χ3n) is 5.04. The van der Waals surface area contributed by atoms with Crippen molar-refractivity contribution in [3.8, 4) is 0 Å². The third-order valence-corrected chi connectivity index (χ3v) is 5.04. The number of rotatable bonds is 4. The minimum Gasteiger partial charge on any atom is -0.353 e. The zero-order valence-electron chi connectivity index (χ0n) is 13.1. The van der Waals surface area contributed by atoms with Gasteiger partial charge in [-0.1, -0.05) is 20.3 Å². The molecule has 0 aliphatic carbocycles. The number of carbonyl (C=O) groups excluding carboxylic acids is 1. The topological polar surface area (TPSA) is 32.3 Å². The molecule has 1 atom stereocenters. The van der Waals surface area contributed by atoms with Crippen molar-refractivity contribution in [2.24, 2.45) is 5.41 Å². The smallest absolute Gasteiger partial charge is 0.220 e. The monoisotopic (exact) mass is 266 g/mol. The molecule has 2 aliphatic rings. The van der Waals surface area contributed by atoms with Gasteiger partial charge in [0.05, 0.1) is 0 Å². The molecule has 110 valence electrons. The third kappa shape index (κ3) is 3.50. The van der Waals surface area contributed by atoms with E-state index in [1.807, 2.05) is 0 Å². The van der Waals surface area contributed by atoms with Crippen LogP contribution in [-0.4, -0.2) is 35.5 Å². The van der Waals surface area contributed by atoms with E-state index in [9.17, 15) is 4.79 Å². The fourth-order valence-corrected chi connectivity index (χ4v) is 4.05. The summed E-state index contributed by atoms with van der Waals surface area (Å²) < 4.78 is 0. The summed E-state index contributed by atoms with van der Waals surface area (Å²) in [6.07, 6.45) is 6.91. The summed E-state index contributed by atoms with van der Waals surface area (Å²) in [7, 11) is 0. The maximum atomic E-state index is 11.4. The highest BCUT2D eigenvalue weighted by atomic mass is 16.1. The lowest BCUT2D eigenvalue weighted by Gasteiger charge is -2.46. The number of nitrogens with one attached hydrogen (secondary N) is 1. The van der Waals surface area contributed by atoms with Crippen LogP contribution in [-0.2, 0) is 4.79 Å². The van der Waals surface area contributed by atoms with E-state index in [1.54, 1.807) is 0 Å². The highest BCUT2D eigenvalue weighted by Crippen LogP contribution is 2.38. The maximum absolute atomic E-state index is 11.4. The summed E-state index contributed by atoms with van der Waals surface area (Å²) in [4.78, 5) is 14.1. The van der Waals surface area contributed by atoms with Gasteiger partial charge in [-0.3, -0.25) is 9.69 Å². The Morgan fingerprint density at radius 3 is 2.32 bits per heavy atom. The molecule has 0 aromatic rings. The second-order valence-electron chi connectivity index (χ2n) is 7.68. The predicted octanol–water partition coefficient (Wildman–Crippen LogP) is 2.95. The average Bonchev–Trinajstić information content (AvgIpc) is 2.77. The van der Waals surface area contributed by atoms with Gasteiger partial charge in [0.15, 0.2) is 0 Å². The Labute approximate surface area is 118 Å². The molecule has 19 heavy (non-hydrogen) atoms. The quantitative estimate of drug-likeness (QED) is 0.848. The van der Waals surface area contributed by atoms with Gasteiger partial charge < -0.3 is 5.32 Å². The fourth-order valence-electron chi connectivity index (χ4n) is 4.05. The summed E-state index contributed by atoms with van der Waals surface area (Å²) >= 11 is 0. The number of hydrogen-bond acceptors (Lipinski definition) is 2. The van der Waals surface area contributed by atoms with Crippen molar-refractivity contribution < 1.29 is 4.79 Å². The second-order valence-corrected chi connectivity index (χ2v) is 7.68. The average molecular weight is 266 g/mol. The van der Waals surface area contributed by atoms with Crippen molar-refractivity contribution in [3.05, 3.63) is 0 Å². The first-order chi connectivity index (χ1) is 8.81. The molecular weight excluding hydrogens is 236 g/mol. The molecule has 1 amide bonds. The molecule has 3 nitrogen and oxygen atoms in total. The lowest BCUT2D eigenvalue weighted by atomic mass is 9.73. The molecule has 0 bridgehead atoms. The zero-order valence-corrected chi connectivity index (χ0v) is 13.1. The van der Waals surface area contributed by atoms with Gasteiger partial charge >= 0.3 is 0 Å². The van der Waals surface area contributed by atoms with Crippen LogP contribution in [0.4, 0.5) is 0 Å². The van der Waals surface area contributed by atoms with E-state index >= 15 is 0 Å². The van der Waals surface area contributed by atoms with E-state index < -0.39 is 0 Å². The SMILES string of the molecule is CC(C)(CC(C)(C)N1CCCCC1)C1CCC(=O)N1. The number of likely N-dealkylation sites (tertiary alicyclic amines) is 1. The number of carbonyl (C=O) groups is 1. The molecule has 0 radical (unpaired) electrons. The van der Waals surface area contributed by atoms with Crippen LogP contribution in [0.5, 0.6) is 0 Å². The van der Waals surface area contributed by atoms with Crippen LogP contribution in [0.3, 0.4) is 0 Å². The summed E-state index contributed by atoms with van der Waals surface area (Å²) in [5.41, 5.74) is 0.407. The van der Waals surface area contributed by atoms with Gasteiger partial charge in [0.1, 0.15) is 0 Å². The molecule has 2 fully saturated rings. The number of amides is 1. The van der Waals surface area contributed by atoms with Crippen LogP contribution in [0.2, 0.25) is 0 Å². The molecule has 2 rings (SSSR count). The predicted molar refractivity (Wildman–Crippen MR) is 79.1 cm³/mol. The van der Waals surface area contributed by atoms with Crippen molar-refractivity contribution in [2.75, 3.05) is 13.1 Å². The molecule has 1 N–H and O–H groups in total. The van der Waals surface area contributed by atoms with Crippen LogP contribution >= 0.6 is 0 Å². The van der Waals surface area contributed by atoms with Crippen LogP contribution in [0.25, 0.3) is 0 Å². The largest absolute Gasteiger partial charge is 0.353 e. The number of nitrogens with zero attached hydrogens (tertiary/aromatic N) is 1. The summed E-state index contributed by atoms with van der Waals surface area (Å²) in [5, 5.41) is 3.16. The normalized spacial score (nSPS) is 26.5. The van der Waals surface area contributed by atoms with Crippen molar-refractivity contribution in [1.82, 2.24) is 10.2 Å². The van der Waals surface area contributed by atoms with Gasteiger partial charge in [0, 0.05) is 18.0 Å². The van der Waals surface area contributed by atoms with Crippen molar-refractivity contribution in [1.29, 1.82) is 0 Å². The van der Waals surface area contributed by atoms with Crippen molar-refractivity contribution in [2.45, 2.75) is 77.8 Å². The summed E-state index contributed by atoms with van der Waals surface area (Å²) in [6, 6.07) is 0.351. The molecule has 0 aromatic carbocycles. The Hall–Kier alpha value is -0.570. The highest BCUT2D eigenvalue weighted by molar-refractivity contribution is 5.78. The van der Waals surface area contributed by atoms with Gasteiger partial charge in [0.2, 0.25) is 5.91 Å². The molecule has 0 aromatic heterocycles. The zero-order chi connectivity index (χ0) is 14.1. The van der Waals surface area contributed by atoms with E-state index in [2.05, 4.69) is 37.9 Å². The number of piperidine rings is 1. The van der Waals surface area contributed by atoms with E-state index in [1.165, 1.54) is 32.4 Å². The molecule has 1 unspecified atom stereocenters. The van der Waals surface area contributed by atoms with Crippen molar-refractivity contribution in [3.63, 3.8) is 0 Å². The van der Waals surface area contributed by atoms with E-state index in [0.29, 0.717) is 12.5 Å². The van der Waals surface area contributed by atoms with Gasteiger partial charge in [-0.25, -0.2) is 0 Å². The molecule has 0 saturated carbocycles. The minimum atomic E-state index is 0.174. The molecule has 2 aliphatic heterocycles. The first-order valence-corrected chi connectivity index (χ1v) is 7.86. The molecular formula is C16H30N2O. The summed E-state index contributed by atoms with van der Waals surface area (Å²) in [5.74, 6) is 0.230. The lowest BCUT2D eigenvalue weighted by Crippen LogP contribution is -2.52. The maximum Gasteiger partial charge on any atom is 0.220 e. The lowest BCUT2D eigenvalue weighted by molar-refractivity contribution is -0.119. The van der Waals surface area contributed by atoms with E-state index in [4.69, 9.17) is 0 Å². The van der Waals surface area contributed by atoms with E-state index in [0.717, 1.165) is 12.8 Å². The number of hydrogen-bond donors (Lipinski definition) is 1. The Balaban J connectivity index is 1.98. The highest BCUT2D eigenvalue weighted by Gasteiger charge is 2.40. The van der Waals surface area contributed by atoms with Gasteiger partial charge in [0.25, 0.3) is 0 Å². The Bertz CT molecular complexity index is 330. The molecule has 2 heterocycles. The van der Waals surface area contributed by atoms with Crippen LogP contribution < -0.4 is 5.32 Å². The van der Waals surface area contributed by atoms with Crippen LogP contribution in [0.1, 0.15) is 66.2 Å².